The molecule has 0 saturated heterocycles. The number of aliphatic hydroxyl groups is 1. The third-order valence-electron chi connectivity index (χ3n) is 1.99. The van der Waals surface area contributed by atoms with Crippen LogP contribution in [-0.2, 0) is 6.54 Å². The summed E-state index contributed by atoms with van der Waals surface area (Å²) >= 11 is 11.7. The van der Waals surface area contributed by atoms with Gasteiger partial charge in [0.1, 0.15) is 10.3 Å². The van der Waals surface area contributed by atoms with Gasteiger partial charge in [0.25, 0.3) is 0 Å². The molecule has 1 rings (SSSR count). The lowest BCUT2D eigenvalue weighted by atomic mass is 10.1. The molecule has 0 saturated carbocycles. The number of hydrogen-bond acceptors (Lipinski definition) is 3. The van der Waals surface area contributed by atoms with Crippen molar-refractivity contribution in [3.63, 3.8) is 0 Å². The molecule has 0 fully saturated rings. The van der Waals surface area contributed by atoms with Crippen LogP contribution in [-0.4, -0.2) is 34.2 Å². The Morgan fingerprint density at radius 1 is 1.38 bits per heavy atom. The van der Waals surface area contributed by atoms with Crippen molar-refractivity contribution in [3.8, 4) is 0 Å². The van der Waals surface area contributed by atoms with Crippen molar-refractivity contribution in [1.29, 1.82) is 0 Å². The van der Waals surface area contributed by atoms with E-state index >= 15 is 0 Å². The second-order valence-electron chi connectivity index (χ2n) is 4.57. The second-order valence-corrected chi connectivity index (χ2v) is 5.31. The zero-order valence-electron chi connectivity index (χ0n) is 9.67. The van der Waals surface area contributed by atoms with Gasteiger partial charge < -0.3 is 5.11 Å². The zero-order chi connectivity index (χ0) is 12.3. The van der Waals surface area contributed by atoms with Crippen molar-refractivity contribution in [2.45, 2.75) is 26.0 Å². The van der Waals surface area contributed by atoms with Gasteiger partial charge in [0, 0.05) is 18.7 Å². The first-order valence-electron chi connectivity index (χ1n) is 5.00. The van der Waals surface area contributed by atoms with Gasteiger partial charge in [-0.15, -0.1) is 0 Å². The van der Waals surface area contributed by atoms with Gasteiger partial charge in [-0.2, -0.15) is 0 Å². The van der Waals surface area contributed by atoms with E-state index in [0.29, 0.717) is 23.4 Å². The maximum absolute atomic E-state index is 9.67. The number of aromatic nitrogens is 1. The summed E-state index contributed by atoms with van der Waals surface area (Å²) in [4.78, 5) is 5.95. The summed E-state index contributed by atoms with van der Waals surface area (Å²) in [6, 6.07) is 3.55. The Labute approximate surface area is 106 Å². The Morgan fingerprint density at radius 2 is 2.00 bits per heavy atom. The summed E-state index contributed by atoms with van der Waals surface area (Å²) in [5.41, 5.74) is 0.180. The van der Waals surface area contributed by atoms with Crippen LogP contribution in [0.1, 0.15) is 19.4 Å². The molecule has 0 radical (unpaired) electrons. The standard InChI is InChI=1S/C11H16Cl2N2O/c1-11(2,16)7-15(3)6-8-4-5-9(12)14-10(8)13/h4-5,16H,6-7H2,1-3H3. The van der Waals surface area contributed by atoms with Gasteiger partial charge in [-0.1, -0.05) is 29.3 Å². The van der Waals surface area contributed by atoms with Crippen LogP contribution in [0.2, 0.25) is 10.3 Å². The highest BCUT2D eigenvalue weighted by Crippen LogP contribution is 2.18. The molecular weight excluding hydrogens is 247 g/mol. The summed E-state index contributed by atoms with van der Waals surface area (Å²) in [5, 5.41) is 10.5. The van der Waals surface area contributed by atoms with E-state index in [9.17, 15) is 5.11 Å². The van der Waals surface area contributed by atoms with Gasteiger partial charge in [-0.25, -0.2) is 4.98 Å². The van der Waals surface area contributed by atoms with Crippen molar-refractivity contribution < 1.29 is 5.11 Å². The van der Waals surface area contributed by atoms with E-state index in [2.05, 4.69) is 4.98 Å². The average Bonchev–Trinajstić information content (AvgIpc) is 2.06. The van der Waals surface area contributed by atoms with E-state index in [1.165, 1.54) is 0 Å². The summed E-state index contributed by atoms with van der Waals surface area (Å²) in [5.74, 6) is 0. The van der Waals surface area contributed by atoms with E-state index in [-0.39, 0.29) is 0 Å². The van der Waals surface area contributed by atoms with Crippen LogP contribution in [0.15, 0.2) is 12.1 Å². The number of pyridine rings is 1. The van der Waals surface area contributed by atoms with Crippen LogP contribution in [0, 0.1) is 0 Å². The third kappa shape index (κ3) is 4.66. The Kier molecular flexibility index (Phi) is 4.56. The van der Waals surface area contributed by atoms with Crippen LogP contribution < -0.4 is 0 Å². The lowest BCUT2D eigenvalue weighted by Gasteiger charge is -2.25. The molecule has 0 amide bonds. The minimum atomic E-state index is -0.721. The Balaban J connectivity index is 2.66. The van der Waals surface area contributed by atoms with E-state index in [4.69, 9.17) is 23.2 Å². The molecule has 3 nitrogen and oxygen atoms in total. The van der Waals surface area contributed by atoms with E-state index in [0.717, 1.165) is 5.56 Å². The van der Waals surface area contributed by atoms with Crippen molar-refractivity contribution in [2.75, 3.05) is 13.6 Å². The van der Waals surface area contributed by atoms with Crippen LogP contribution in [0.5, 0.6) is 0 Å². The molecule has 1 N–H and O–H groups in total. The highest BCUT2D eigenvalue weighted by atomic mass is 35.5. The van der Waals surface area contributed by atoms with Crippen molar-refractivity contribution in [3.05, 3.63) is 28.0 Å². The summed E-state index contributed by atoms with van der Waals surface area (Å²) in [6.45, 7) is 4.73. The lowest BCUT2D eigenvalue weighted by molar-refractivity contribution is 0.0424. The molecular formula is C11H16Cl2N2O. The molecule has 90 valence electrons. The SMILES string of the molecule is CN(Cc1ccc(Cl)nc1Cl)CC(C)(C)O. The van der Waals surface area contributed by atoms with Crippen molar-refractivity contribution in [2.24, 2.45) is 0 Å². The number of hydrogen-bond donors (Lipinski definition) is 1. The molecule has 0 atom stereocenters. The molecule has 1 aromatic heterocycles. The van der Waals surface area contributed by atoms with Crippen LogP contribution >= 0.6 is 23.2 Å². The first-order chi connectivity index (χ1) is 7.28. The fraction of sp³-hybridized carbons (Fsp3) is 0.545. The first-order valence-corrected chi connectivity index (χ1v) is 5.75. The maximum atomic E-state index is 9.67. The Bertz CT molecular complexity index is 363. The molecule has 0 aliphatic heterocycles. The highest BCUT2D eigenvalue weighted by molar-refractivity contribution is 6.32. The average molecular weight is 263 g/mol. The summed E-state index contributed by atoms with van der Waals surface area (Å²) < 4.78 is 0. The van der Waals surface area contributed by atoms with E-state index in [1.807, 2.05) is 18.0 Å². The monoisotopic (exact) mass is 262 g/mol. The largest absolute Gasteiger partial charge is 0.389 e. The van der Waals surface area contributed by atoms with Gasteiger partial charge in [-0.05, 0) is 27.0 Å². The highest BCUT2D eigenvalue weighted by Gasteiger charge is 2.16. The number of halogens is 2. The number of nitrogens with zero attached hydrogens (tertiary/aromatic N) is 2. The van der Waals surface area contributed by atoms with Gasteiger partial charge in [-0.3, -0.25) is 4.90 Å². The molecule has 0 spiro atoms. The predicted molar refractivity (Wildman–Crippen MR) is 66.9 cm³/mol. The quantitative estimate of drug-likeness (QED) is 0.848. The van der Waals surface area contributed by atoms with Gasteiger partial charge in [0.05, 0.1) is 5.60 Å². The lowest BCUT2D eigenvalue weighted by Crippen LogP contribution is -2.35. The van der Waals surface area contributed by atoms with Crippen LogP contribution in [0.4, 0.5) is 0 Å². The minimum Gasteiger partial charge on any atom is -0.389 e. The normalized spacial score (nSPS) is 12.2. The van der Waals surface area contributed by atoms with Crippen LogP contribution in [0.3, 0.4) is 0 Å². The molecule has 1 heterocycles. The summed E-state index contributed by atoms with van der Waals surface area (Å²) in [7, 11) is 1.92. The maximum Gasteiger partial charge on any atom is 0.135 e. The minimum absolute atomic E-state index is 0.388. The molecule has 16 heavy (non-hydrogen) atoms. The number of rotatable bonds is 4. The topological polar surface area (TPSA) is 36.4 Å². The molecule has 1 aromatic rings. The van der Waals surface area contributed by atoms with E-state index < -0.39 is 5.60 Å². The first kappa shape index (κ1) is 13.7. The predicted octanol–water partition coefficient (Wildman–Crippen LogP) is 2.59. The third-order valence-corrected chi connectivity index (χ3v) is 2.53. The molecule has 0 aliphatic rings. The molecule has 0 aliphatic carbocycles. The Morgan fingerprint density at radius 3 is 2.50 bits per heavy atom. The van der Waals surface area contributed by atoms with E-state index in [1.54, 1.807) is 19.9 Å². The van der Waals surface area contributed by atoms with Gasteiger partial charge in [0.2, 0.25) is 0 Å². The zero-order valence-corrected chi connectivity index (χ0v) is 11.2. The van der Waals surface area contributed by atoms with Gasteiger partial charge >= 0.3 is 0 Å². The van der Waals surface area contributed by atoms with Crippen molar-refractivity contribution >= 4 is 23.2 Å². The molecule has 0 bridgehead atoms. The number of likely N-dealkylation sites (N-methyl/N-ethyl adjacent to an activating group) is 1. The van der Waals surface area contributed by atoms with Crippen molar-refractivity contribution in [1.82, 2.24) is 9.88 Å². The summed E-state index contributed by atoms with van der Waals surface area (Å²) in [6.07, 6.45) is 0. The van der Waals surface area contributed by atoms with Crippen LogP contribution in [0.25, 0.3) is 0 Å². The fourth-order valence-corrected chi connectivity index (χ4v) is 1.97. The Hall–Kier alpha value is -0.350. The smallest absolute Gasteiger partial charge is 0.135 e. The molecule has 5 heteroatoms. The van der Waals surface area contributed by atoms with Gasteiger partial charge in [0.15, 0.2) is 0 Å². The second kappa shape index (κ2) is 5.32. The molecule has 0 unspecified atom stereocenters. The molecule has 0 aromatic carbocycles. The fourth-order valence-electron chi connectivity index (χ4n) is 1.57.